The quantitative estimate of drug-likeness (QED) is 0.866. The molecule has 2 N–H and O–H groups in total. The molecule has 0 saturated heterocycles. The number of nitrogens with zero attached hydrogens (tertiary/aromatic N) is 2. The number of phenolic OH excluding ortho intramolecular Hbond substituents is 1. The van der Waals surface area contributed by atoms with Crippen LogP contribution in [0.5, 0.6) is 5.75 Å². The highest BCUT2D eigenvalue weighted by Crippen LogP contribution is 2.26. The van der Waals surface area contributed by atoms with Gasteiger partial charge in [-0.1, -0.05) is 6.92 Å². The molecule has 0 spiro atoms. The maximum absolute atomic E-state index is 12.5. The Morgan fingerprint density at radius 1 is 1.32 bits per heavy atom. The third-order valence-electron chi connectivity index (χ3n) is 3.75. The molecule has 25 heavy (non-hydrogen) atoms. The lowest BCUT2D eigenvalue weighted by Gasteiger charge is -2.29. The lowest BCUT2D eigenvalue weighted by Crippen LogP contribution is -2.40. The fraction of sp³-hybridized carbons (Fsp3) is 0.474. The molecule has 0 aliphatic carbocycles. The first kappa shape index (κ1) is 19.0. The van der Waals surface area contributed by atoms with E-state index in [1.807, 2.05) is 19.1 Å². The van der Waals surface area contributed by atoms with E-state index in [9.17, 15) is 15.0 Å². The number of aromatic hydroxyl groups is 1. The van der Waals surface area contributed by atoms with E-state index in [2.05, 4.69) is 4.98 Å². The van der Waals surface area contributed by atoms with E-state index in [0.29, 0.717) is 12.0 Å². The molecule has 1 aromatic carbocycles. The minimum Gasteiger partial charge on any atom is -0.508 e. The Morgan fingerprint density at radius 2 is 2.04 bits per heavy atom. The average molecular weight is 346 g/mol. The Labute approximate surface area is 148 Å². The monoisotopic (exact) mass is 346 g/mol. The number of ether oxygens (including phenoxy) is 1. The Kier molecular flexibility index (Phi) is 5.85. The summed E-state index contributed by atoms with van der Waals surface area (Å²) in [6, 6.07) is 5.29. The van der Waals surface area contributed by atoms with Gasteiger partial charge < -0.3 is 19.8 Å². The van der Waals surface area contributed by atoms with Crippen molar-refractivity contribution in [3.8, 4) is 5.75 Å². The second kappa shape index (κ2) is 7.70. The van der Waals surface area contributed by atoms with E-state index < -0.39 is 17.8 Å². The van der Waals surface area contributed by atoms with Crippen molar-refractivity contribution >= 4 is 16.9 Å². The van der Waals surface area contributed by atoms with Gasteiger partial charge in [0, 0.05) is 23.3 Å². The molecular weight excluding hydrogens is 320 g/mol. The lowest BCUT2D eigenvalue weighted by molar-refractivity contribution is 0.0122. The summed E-state index contributed by atoms with van der Waals surface area (Å²) in [6.07, 6.45) is 2.70. The number of aromatic nitrogens is 1. The van der Waals surface area contributed by atoms with Gasteiger partial charge in [0.25, 0.3) is 0 Å². The van der Waals surface area contributed by atoms with Gasteiger partial charge in [-0.2, -0.15) is 0 Å². The molecule has 0 aliphatic rings. The normalized spacial score (nSPS) is 12.8. The van der Waals surface area contributed by atoms with Crippen LogP contribution >= 0.6 is 0 Å². The first-order valence-corrected chi connectivity index (χ1v) is 8.41. The van der Waals surface area contributed by atoms with Crippen LogP contribution in [0.25, 0.3) is 10.8 Å². The maximum atomic E-state index is 12.5. The second-order valence-electron chi connectivity index (χ2n) is 7.13. The molecule has 0 aliphatic heterocycles. The van der Waals surface area contributed by atoms with Crippen LogP contribution in [0.15, 0.2) is 30.6 Å². The number of hydrogen-bond donors (Lipinski definition) is 2. The average Bonchev–Trinajstić information content (AvgIpc) is 2.52. The topological polar surface area (TPSA) is 82.9 Å². The smallest absolute Gasteiger partial charge is 0.410 e. The number of amides is 1. The van der Waals surface area contributed by atoms with Gasteiger partial charge in [0.15, 0.2) is 0 Å². The lowest BCUT2D eigenvalue weighted by atomic mass is 10.1. The number of fused-ring (bicyclic) bond motifs is 1. The van der Waals surface area contributed by atoms with E-state index in [1.54, 1.807) is 39.2 Å². The molecule has 2 aromatic rings. The summed E-state index contributed by atoms with van der Waals surface area (Å²) in [5, 5.41) is 22.0. The standard InChI is InChI=1S/C19H26N2O4/c1-5-16(22)12-21(18(24)25-19(2,3)4)11-15-8-13-6-7-20-10-14(13)9-17(15)23/h6-10,16,22-23H,5,11-12H2,1-4H3/t16-/m0/s1. The zero-order chi connectivity index (χ0) is 18.6. The fourth-order valence-corrected chi connectivity index (χ4v) is 2.42. The Bertz CT molecular complexity index is 740. The summed E-state index contributed by atoms with van der Waals surface area (Å²) >= 11 is 0. The minimum atomic E-state index is -0.653. The fourth-order valence-electron chi connectivity index (χ4n) is 2.42. The number of rotatable bonds is 5. The summed E-state index contributed by atoms with van der Waals surface area (Å²) in [6.45, 7) is 7.51. The van der Waals surface area contributed by atoms with E-state index in [1.165, 1.54) is 4.90 Å². The molecule has 2 rings (SSSR count). The number of aliphatic hydroxyl groups excluding tert-OH is 1. The van der Waals surface area contributed by atoms with E-state index in [-0.39, 0.29) is 18.8 Å². The summed E-state index contributed by atoms with van der Waals surface area (Å²) < 4.78 is 5.43. The van der Waals surface area contributed by atoms with Crippen LogP contribution in [0.1, 0.15) is 39.7 Å². The van der Waals surface area contributed by atoms with Crippen molar-refractivity contribution in [3.63, 3.8) is 0 Å². The first-order valence-electron chi connectivity index (χ1n) is 8.41. The predicted octanol–water partition coefficient (Wildman–Crippen LogP) is 3.45. The summed E-state index contributed by atoms with van der Waals surface area (Å²) in [5.74, 6) is 0.0834. The number of carbonyl (C=O) groups is 1. The zero-order valence-electron chi connectivity index (χ0n) is 15.2. The zero-order valence-corrected chi connectivity index (χ0v) is 15.2. The van der Waals surface area contributed by atoms with Crippen LogP contribution in [0.2, 0.25) is 0 Å². The van der Waals surface area contributed by atoms with Gasteiger partial charge in [-0.15, -0.1) is 0 Å². The van der Waals surface area contributed by atoms with Crippen molar-refractivity contribution in [2.45, 2.75) is 52.4 Å². The third-order valence-corrected chi connectivity index (χ3v) is 3.75. The molecule has 0 bridgehead atoms. The van der Waals surface area contributed by atoms with Crippen LogP contribution in [0, 0.1) is 0 Å². The Hall–Kier alpha value is -2.34. The summed E-state index contributed by atoms with van der Waals surface area (Å²) in [5.41, 5.74) is -0.0447. The summed E-state index contributed by atoms with van der Waals surface area (Å²) in [4.78, 5) is 17.9. The third kappa shape index (κ3) is 5.32. The van der Waals surface area contributed by atoms with Crippen LogP contribution < -0.4 is 0 Å². The molecule has 6 nitrogen and oxygen atoms in total. The molecular formula is C19H26N2O4. The van der Waals surface area contributed by atoms with Gasteiger partial charge in [0.05, 0.1) is 19.2 Å². The highest BCUT2D eigenvalue weighted by molar-refractivity contribution is 5.84. The largest absolute Gasteiger partial charge is 0.508 e. The molecule has 136 valence electrons. The van der Waals surface area contributed by atoms with Gasteiger partial charge >= 0.3 is 6.09 Å². The predicted molar refractivity (Wildman–Crippen MR) is 96.3 cm³/mol. The van der Waals surface area contributed by atoms with E-state index in [4.69, 9.17) is 4.74 Å². The maximum Gasteiger partial charge on any atom is 0.410 e. The minimum absolute atomic E-state index is 0.0834. The molecule has 6 heteroatoms. The molecule has 1 aromatic heterocycles. The van der Waals surface area contributed by atoms with Crippen molar-refractivity contribution in [1.29, 1.82) is 0 Å². The highest BCUT2D eigenvalue weighted by atomic mass is 16.6. The van der Waals surface area contributed by atoms with Gasteiger partial charge in [-0.25, -0.2) is 4.79 Å². The SMILES string of the molecule is CC[C@H](O)CN(Cc1cc2ccncc2cc1O)C(=O)OC(C)(C)C. The van der Waals surface area contributed by atoms with Gasteiger partial charge in [-0.3, -0.25) is 4.98 Å². The molecule has 0 radical (unpaired) electrons. The van der Waals surface area contributed by atoms with Crippen LogP contribution in [-0.4, -0.2) is 44.4 Å². The van der Waals surface area contributed by atoms with Gasteiger partial charge in [0.1, 0.15) is 11.4 Å². The first-order chi connectivity index (χ1) is 11.7. The molecule has 1 amide bonds. The molecule has 0 fully saturated rings. The number of hydrogen-bond acceptors (Lipinski definition) is 5. The van der Waals surface area contributed by atoms with Crippen molar-refractivity contribution < 1.29 is 19.7 Å². The molecule has 1 heterocycles. The Morgan fingerprint density at radius 3 is 2.68 bits per heavy atom. The van der Waals surface area contributed by atoms with Gasteiger partial charge in [-0.05, 0) is 50.8 Å². The van der Waals surface area contributed by atoms with Crippen molar-refractivity contribution in [2.24, 2.45) is 0 Å². The second-order valence-corrected chi connectivity index (χ2v) is 7.13. The molecule has 0 unspecified atom stereocenters. The number of phenols is 1. The Balaban J connectivity index is 2.28. The van der Waals surface area contributed by atoms with Crippen molar-refractivity contribution in [2.75, 3.05) is 6.54 Å². The van der Waals surface area contributed by atoms with E-state index >= 15 is 0 Å². The van der Waals surface area contributed by atoms with Crippen molar-refractivity contribution in [1.82, 2.24) is 9.88 Å². The van der Waals surface area contributed by atoms with E-state index in [0.717, 1.165) is 10.8 Å². The summed E-state index contributed by atoms with van der Waals surface area (Å²) in [7, 11) is 0. The molecule has 0 saturated carbocycles. The number of aliphatic hydroxyl groups is 1. The van der Waals surface area contributed by atoms with Gasteiger partial charge in [0.2, 0.25) is 0 Å². The number of carbonyl (C=O) groups excluding carboxylic acids is 1. The van der Waals surface area contributed by atoms with Crippen LogP contribution in [0.4, 0.5) is 4.79 Å². The van der Waals surface area contributed by atoms with Crippen LogP contribution in [0.3, 0.4) is 0 Å². The van der Waals surface area contributed by atoms with Crippen LogP contribution in [-0.2, 0) is 11.3 Å². The van der Waals surface area contributed by atoms with Crippen molar-refractivity contribution in [3.05, 3.63) is 36.2 Å². The highest BCUT2D eigenvalue weighted by Gasteiger charge is 2.24. The number of pyridine rings is 1. The molecule has 1 atom stereocenters. The number of benzene rings is 1.